The molecule has 3 atom stereocenters. The molecule has 98 valence electrons. The summed E-state index contributed by atoms with van der Waals surface area (Å²) < 4.78 is 27.2. The van der Waals surface area contributed by atoms with Crippen molar-refractivity contribution in [1.82, 2.24) is 9.71 Å². The molecular formula is C12H17N3O2S. The molecule has 6 heteroatoms. The molecule has 2 saturated carbocycles. The molecule has 5 nitrogen and oxygen atoms in total. The third kappa shape index (κ3) is 2.10. The second-order valence-corrected chi connectivity index (χ2v) is 7.04. The summed E-state index contributed by atoms with van der Waals surface area (Å²) in [5, 5.41) is 0. The van der Waals surface area contributed by atoms with Gasteiger partial charge >= 0.3 is 0 Å². The monoisotopic (exact) mass is 267 g/mol. The first-order valence-corrected chi connectivity index (χ1v) is 7.77. The summed E-state index contributed by atoms with van der Waals surface area (Å²) >= 11 is 0. The van der Waals surface area contributed by atoms with E-state index in [1.165, 1.54) is 31.2 Å². The number of nitrogens with one attached hydrogen (secondary N) is 1. The van der Waals surface area contributed by atoms with Gasteiger partial charge in [-0.15, -0.1) is 0 Å². The molecule has 1 heterocycles. The first-order chi connectivity index (χ1) is 8.54. The van der Waals surface area contributed by atoms with Gasteiger partial charge in [-0.3, -0.25) is 0 Å². The van der Waals surface area contributed by atoms with Crippen molar-refractivity contribution in [2.24, 2.45) is 11.8 Å². The maximum Gasteiger partial charge on any atom is 0.242 e. The van der Waals surface area contributed by atoms with E-state index in [9.17, 15) is 8.42 Å². The van der Waals surface area contributed by atoms with Crippen molar-refractivity contribution in [1.29, 1.82) is 0 Å². The molecule has 3 rings (SSSR count). The number of nitrogens with zero attached hydrogens (tertiary/aromatic N) is 1. The van der Waals surface area contributed by atoms with E-state index < -0.39 is 10.0 Å². The Hall–Kier alpha value is -1.14. The minimum Gasteiger partial charge on any atom is -0.384 e. The summed E-state index contributed by atoms with van der Waals surface area (Å²) in [5.41, 5.74) is 5.46. The Morgan fingerprint density at radius 3 is 2.67 bits per heavy atom. The zero-order valence-corrected chi connectivity index (χ0v) is 10.9. The summed E-state index contributed by atoms with van der Waals surface area (Å²) in [4.78, 5) is 4.02. The number of hydrogen-bond acceptors (Lipinski definition) is 4. The highest BCUT2D eigenvalue weighted by atomic mass is 32.2. The fraction of sp³-hybridized carbons (Fsp3) is 0.583. The van der Waals surface area contributed by atoms with Crippen LogP contribution in [0.15, 0.2) is 23.2 Å². The predicted molar refractivity (Wildman–Crippen MR) is 68.2 cm³/mol. The van der Waals surface area contributed by atoms with Crippen LogP contribution in [0.3, 0.4) is 0 Å². The van der Waals surface area contributed by atoms with Crippen LogP contribution in [0.2, 0.25) is 0 Å². The van der Waals surface area contributed by atoms with Gasteiger partial charge in [0.05, 0.1) is 0 Å². The Kier molecular flexibility index (Phi) is 2.79. The second kappa shape index (κ2) is 4.20. The number of anilines is 1. The fourth-order valence-corrected chi connectivity index (χ4v) is 4.47. The van der Waals surface area contributed by atoms with Gasteiger partial charge in [0.15, 0.2) is 0 Å². The maximum absolute atomic E-state index is 12.2. The fourth-order valence-electron chi connectivity index (χ4n) is 3.21. The molecule has 0 spiro atoms. The Bertz CT molecular complexity index is 541. The summed E-state index contributed by atoms with van der Waals surface area (Å²) in [6.45, 7) is 0. The van der Waals surface area contributed by atoms with Crippen LogP contribution in [0.25, 0.3) is 0 Å². The van der Waals surface area contributed by atoms with Crippen molar-refractivity contribution in [3.8, 4) is 0 Å². The van der Waals surface area contributed by atoms with Gasteiger partial charge in [0.1, 0.15) is 10.7 Å². The molecule has 18 heavy (non-hydrogen) atoms. The zero-order chi connectivity index (χ0) is 12.8. The molecular weight excluding hydrogens is 250 g/mol. The molecule has 2 aliphatic carbocycles. The molecule has 2 aliphatic rings. The normalized spacial score (nSPS) is 30.8. The average molecular weight is 267 g/mol. The number of nitrogen functional groups attached to an aromatic ring is 1. The third-order valence-corrected chi connectivity index (χ3v) is 5.59. The van der Waals surface area contributed by atoms with E-state index in [0.717, 1.165) is 12.8 Å². The first kappa shape index (κ1) is 11.9. The lowest BCUT2D eigenvalue weighted by Gasteiger charge is -2.22. The van der Waals surface area contributed by atoms with Crippen molar-refractivity contribution >= 4 is 15.8 Å². The minimum atomic E-state index is -3.45. The highest BCUT2D eigenvalue weighted by Crippen LogP contribution is 2.44. The van der Waals surface area contributed by atoms with E-state index in [4.69, 9.17) is 5.73 Å². The summed E-state index contributed by atoms with van der Waals surface area (Å²) in [7, 11) is -3.45. The van der Waals surface area contributed by atoms with E-state index in [1.807, 2.05) is 0 Å². The number of rotatable bonds is 3. The quantitative estimate of drug-likeness (QED) is 0.859. The Balaban J connectivity index is 1.77. The van der Waals surface area contributed by atoms with Crippen molar-refractivity contribution in [2.75, 3.05) is 5.73 Å². The van der Waals surface area contributed by atoms with Gasteiger partial charge in [0, 0.05) is 12.2 Å². The third-order valence-electron chi connectivity index (χ3n) is 4.11. The number of fused-ring (bicyclic) bond motifs is 2. The van der Waals surface area contributed by atoms with Crippen LogP contribution in [0.1, 0.15) is 25.7 Å². The first-order valence-electron chi connectivity index (χ1n) is 6.28. The Morgan fingerprint density at radius 2 is 2.11 bits per heavy atom. The van der Waals surface area contributed by atoms with Gasteiger partial charge in [0.25, 0.3) is 0 Å². The van der Waals surface area contributed by atoms with E-state index >= 15 is 0 Å². The van der Waals surface area contributed by atoms with Crippen molar-refractivity contribution in [2.45, 2.75) is 36.6 Å². The predicted octanol–water partition coefficient (Wildman–Crippen LogP) is 1.13. The van der Waals surface area contributed by atoms with Gasteiger partial charge in [0.2, 0.25) is 10.0 Å². The largest absolute Gasteiger partial charge is 0.384 e. The number of hydrogen-bond donors (Lipinski definition) is 2. The Morgan fingerprint density at radius 1 is 1.28 bits per heavy atom. The minimum absolute atomic E-state index is 0.103. The summed E-state index contributed by atoms with van der Waals surface area (Å²) in [6, 6.07) is 3.11. The van der Waals surface area contributed by atoms with E-state index in [0.29, 0.717) is 17.7 Å². The van der Waals surface area contributed by atoms with Crippen molar-refractivity contribution in [3.05, 3.63) is 18.3 Å². The number of pyridine rings is 1. The van der Waals surface area contributed by atoms with E-state index in [-0.39, 0.29) is 10.9 Å². The van der Waals surface area contributed by atoms with Crippen LogP contribution in [-0.4, -0.2) is 19.4 Å². The average Bonchev–Trinajstić information content (AvgIpc) is 2.91. The smallest absolute Gasteiger partial charge is 0.242 e. The van der Waals surface area contributed by atoms with Gasteiger partial charge in [-0.25, -0.2) is 18.1 Å². The number of aromatic nitrogens is 1. The summed E-state index contributed by atoms with van der Waals surface area (Å²) in [6.07, 6.45) is 5.87. The lowest BCUT2D eigenvalue weighted by molar-refractivity contribution is 0.390. The van der Waals surface area contributed by atoms with Crippen LogP contribution >= 0.6 is 0 Å². The standard InChI is InChI=1S/C12H17N3O2S/c13-12-4-3-10(7-14-12)18(16,17)15-11-6-8-1-2-9(11)5-8/h3-4,7-9,11,15H,1-2,5-6H2,(H2,13,14). The van der Waals surface area contributed by atoms with Crippen molar-refractivity contribution in [3.63, 3.8) is 0 Å². The molecule has 2 fully saturated rings. The molecule has 0 radical (unpaired) electrons. The molecule has 0 saturated heterocycles. The van der Waals surface area contributed by atoms with Crippen LogP contribution in [0.5, 0.6) is 0 Å². The zero-order valence-electron chi connectivity index (χ0n) is 10.0. The highest BCUT2D eigenvalue weighted by molar-refractivity contribution is 7.89. The SMILES string of the molecule is Nc1ccc(S(=O)(=O)NC2CC3CCC2C3)cn1. The number of sulfonamides is 1. The van der Waals surface area contributed by atoms with Crippen LogP contribution in [0, 0.1) is 11.8 Å². The molecule has 3 N–H and O–H groups in total. The van der Waals surface area contributed by atoms with Gasteiger partial charge < -0.3 is 5.73 Å². The summed E-state index contributed by atoms with van der Waals surface area (Å²) in [5.74, 6) is 1.56. The van der Waals surface area contributed by atoms with Gasteiger partial charge in [-0.2, -0.15) is 0 Å². The molecule has 3 unspecified atom stereocenters. The van der Waals surface area contributed by atoms with Crippen molar-refractivity contribution < 1.29 is 8.42 Å². The molecule has 1 aromatic rings. The van der Waals surface area contributed by atoms with Gasteiger partial charge in [-0.1, -0.05) is 6.42 Å². The van der Waals surface area contributed by atoms with Crippen LogP contribution < -0.4 is 10.5 Å². The molecule has 2 bridgehead atoms. The second-order valence-electron chi connectivity index (χ2n) is 5.32. The van der Waals surface area contributed by atoms with Crippen LogP contribution in [-0.2, 0) is 10.0 Å². The molecule has 0 aromatic carbocycles. The lowest BCUT2D eigenvalue weighted by atomic mass is 9.96. The van der Waals surface area contributed by atoms with Gasteiger partial charge in [-0.05, 0) is 43.2 Å². The topological polar surface area (TPSA) is 85.1 Å². The number of nitrogens with two attached hydrogens (primary N) is 1. The van der Waals surface area contributed by atoms with E-state index in [2.05, 4.69) is 9.71 Å². The van der Waals surface area contributed by atoms with Crippen LogP contribution in [0.4, 0.5) is 5.82 Å². The Labute approximate surface area is 107 Å². The highest BCUT2D eigenvalue weighted by Gasteiger charge is 2.41. The molecule has 0 amide bonds. The van der Waals surface area contributed by atoms with E-state index in [1.54, 1.807) is 0 Å². The lowest BCUT2D eigenvalue weighted by Crippen LogP contribution is -2.38. The molecule has 0 aliphatic heterocycles. The maximum atomic E-state index is 12.2. The molecule has 1 aromatic heterocycles.